The van der Waals surface area contributed by atoms with Crippen molar-refractivity contribution in [2.24, 2.45) is 5.92 Å². The van der Waals surface area contributed by atoms with Gasteiger partial charge in [0.1, 0.15) is 5.75 Å². The van der Waals surface area contributed by atoms with Gasteiger partial charge in [-0.05, 0) is 65.7 Å². The molecule has 110 valence electrons. The average Bonchev–Trinajstić information content (AvgIpc) is 2.83. The van der Waals surface area contributed by atoms with Crippen LogP contribution in [0.25, 0.3) is 0 Å². The minimum absolute atomic E-state index is 0.0618. The Morgan fingerprint density at radius 2 is 2.20 bits per heavy atom. The molecular formula is C15H20BrNO3. The Morgan fingerprint density at radius 3 is 2.85 bits per heavy atom. The SMILES string of the molecule is O=C(NCCC[C@@H]1CCC[C@@H]1O)c1ccc(Br)c(O)c1. The van der Waals surface area contributed by atoms with E-state index in [1.807, 2.05) is 0 Å². The molecule has 1 fully saturated rings. The molecule has 2 atom stereocenters. The van der Waals surface area contributed by atoms with Crippen LogP contribution >= 0.6 is 15.9 Å². The molecule has 1 aliphatic carbocycles. The zero-order chi connectivity index (χ0) is 14.5. The van der Waals surface area contributed by atoms with Crippen molar-refractivity contribution < 1.29 is 15.0 Å². The maximum absolute atomic E-state index is 11.9. The first kappa shape index (κ1) is 15.3. The van der Waals surface area contributed by atoms with E-state index >= 15 is 0 Å². The number of carbonyl (C=O) groups is 1. The summed E-state index contributed by atoms with van der Waals surface area (Å²) in [6, 6.07) is 4.76. The predicted octanol–water partition coefficient (Wildman–Crippen LogP) is 2.83. The van der Waals surface area contributed by atoms with Gasteiger partial charge in [0, 0.05) is 12.1 Å². The summed E-state index contributed by atoms with van der Waals surface area (Å²) < 4.78 is 0.573. The van der Waals surface area contributed by atoms with Gasteiger partial charge in [0.15, 0.2) is 0 Å². The molecule has 0 aromatic heterocycles. The molecule has 0 radical (unpaired) electrons. The summed E-state index contributed by atoms with van der Waals surface area (Å²) in [5.41, 5.74) is 0.451. The number of rotatable bonds is 5. The molecule has 4 nitrogen and oxygen atoms in total. The van der Waals surface area contributed by atoms with E-state index < -0.39 is 0 Å². The average molecular weight is 342 g/mol. The molecule has 20 heavy (non-hydrogen) atoms. The monoisotopic (exact) mass is 341 g/mol. The second-order valence-electron chi connectivity index (χ2n) is 5.32. The fraction of sp³-hybridized carbons (Fsp3) is 0.533. The van der Waals surface area contributed by atoms with Gasteiger partial charge in [-0.1, -0.05) is 6.42 Å². The first-order chi connectivity index (χ1) is 9.58. The van der Waals surface area contributed by atoms with E-state index in [4.69, 9.17) is 0 Å². The largest absolute Gasteiger partial charge is 0.507 e. The first-order valence-corrected chi connectivity index (χ1v) is 7.82. The van der Waals surface area contributed by atoms with Crippen molar-refractivity contribution in [2.75, 3.05) is 6.54 Å². The Morgan fingerprint density at radius 1 is 1.40 bits per heavy atom. The highest BCUT2D eigenvalue weighted by atomic mass is 79.9. The van der Waals surface area contributed by atoms with Gasteiger partial charge in [-0.2, -0.15) is 0 Å². The van der Waals surface area contributed by atoms with Gasteiger partial charge in [-0.3, -0.25) is 4.79 Å². The van der Waals surface area contributed by atoms with Crippen molar-refractivity contribution in [3.63, 3.8) is 0 Å². The molecular weight excluding hydrogens is 322 g/mol. The third kappa shape index (κ3) is 3.96. The number of halogens is 1. The summed E-state index contributed by atoms with van der Waals surface area (Å²) in [7, 11) is 0. The van der Waals surface area contributed by atoms with Crippen molar-refractivity contribution in [1.82, 2.24) is 5.32 Å². The topological polar surface area (TPSA) is 69.6 Å². The maximum atomic E-state index is 11.9. The first-order valence-electron chi connectivity index (χ1n) is 7.02. The minimum atomic E-state index is -0.181. The maximum Gasteiger partial charge on any atom is 0.251 e. The lowest BCUT2D eigenvalue weighted by molar-refractivity contribution is 0.0949. The smallest absolute Gasteiger partial charge is 0.251 e. The van der Waals surface area contributed by atoms with Crippen LogP contribution in [0.1, 0.15) is 42.5 Å². The number of aliphatic hydroxyl groups is 1. The lowest BCUT2D eigenvalue weighted by Crippen LogP contribution is -2.25. The van der Waals surface area contributed by atoms with Crippen LogP contribution in [0.15, 0.2) is 22.7 Å². The summed E-state index contributed by atoms with van der Waals surface area (Å²) in [5.74, 6) is 0.273. The Labute approximate surface area is 127 Å². The molecule has 5 heteroatoms. The number of benzene rings is 1. The van der Waals surface area contributed by atoms with Crippen LogP contribution < -0.4 is 5.32 Å². The van der Waals surface area contributed by atoms with Crippen LogP contribution in [-0.2, 0) is 0 Å². The highest BCUT2D eigenvalue weighted by Gasteiger charge is 2.24. The molecule has 0 spiro atoms. The van der Waals surface area contributed by atoms with Gasteiger partial charge >= 0.3 is 0 Å². The van der Waals surface area contributed by atoms with Crippen LogP contribution in [0.5, 0.6) is 5.75 Å². The minimum Gasteiger partial charge on any atom is -0.507 e. The number of carbonyl (C=O) groups excluding carboxylic acids is 1. The van der Waals surface area contributed by atoms with Crippen molar-refractivity contribution in [3.05, 3.63) is 28.2 Å². The number of nitrogens with one attached hydrogen (secondary N) is 1. The molecule has 1 saturated carbocycles. The lowest BCUT2D eigenvalue weighted by Gasteiger charge is -2.14. The fourth-order valence-corrected chi connectivity index (χ4v) is 2.92. The normalized spacial score (nSPS) is 21.9. The number of phenolic OH excluding ortho intramolecular Hbond substituents is 1. The fourth-order valence-electron chi connectivity index (χ4n) is 2.68. The Balaban J connectivity index is 1.73. The third-order valence-corrected chi connectivity index (χ3v) is 4.54. The summed E-state index contributed by atoms with van der Waals surface area (Å²) in [6.07, 6.45) is 4.78. The molecule has 0 saturated heterocycles. The number of amides is 1. The van der Waals surface area contributed by atoms with Gasteiger partial charge in [0.25, 0.3) is 5.91 Å². The molecule has 0 heterocycles. The van der Waals surface area contributed by atoms with E-state index in [1.165, 1.54) is 6.07 Å². The van der Waals surface area contributed by atoms with Gasteiger partial charge in [-0.25, -0.2) is 0 Å². The summed E-state index contributed by atoms with van der Waals surface area (Å²) in [5, 5.41) is 22.1. The molecule has 0 unspecified atom stereocenters. The molecule has 1 amide bonds. The van der Waals surface area contributed by atoms with Gasteiger partial charge in [0.2, 0.25) is 0 Å². The number of phenols is 1. The van der Waals surface area contributed by atoms with E-state index in [9.17, 15) is 15.0 Å². The van der Waals surface area contributed by atoms with Crippen LogP contribution in [-0.4, -0.2) is 28.8 Å². The van der Waals surface area contributed by atoms with E-state index in [2.05, 4.69) is 21.2 Å². The van der Waals surface area contributed by atoms with Crippen LogP contribution in [0.3, 0.4) is 0 Å². The van der Waals surface area contributed by atoms with E-state index in [-0.39, 0.29) is 17.8 Å². The second kappa shape index (κ2) is 7.09. The molecule has 1 aliphatic rings. The Kier molecular flexibility index (Phi) is 5.43. The number of aliphatic hydroxyl groups excluding tert-OH is 1. The number of hydrogen-bond acceptors (Lipinski definition) is 3. The van der Waals surface area contributed by atoms with Gasteiger partial charge < -0.3 is 15.5 Å². The van der Waals surface area contributed by atoms with Crippen LogP contribution in [0, 0.1) is 5.92 Å². The zero-order valence-electron chi connectivity index (χ0n) is 11.3. The highest BCUT2D eigenvalue weighted by Crippen LogP contribution is 2.29. The van der Waals surface area contributed by atoms with Crippen molar-refractivity contribution >= 4 is 21.8 Å². The zero-order valence-corrected chi connectivity index (χ0v) is 12.9. The summed E-state index contributed by atoms with van der Waals surface area (Å²) in [4.78, 5) is 11.9. The van der Waals surface area contributed by atoms with E-state index in [0.29, 0.717) is 22.5 Å². The quantitative estimate of drug-likeness (QED) is 0.721. The molecule has 0 bridgehead atoms. The van der Waals surface area contributed by atoms with Crippen molar-refractivity contribution in [1.29, 1.82) is 0 Å². The standard InChI is InChI=1S/C15H20BrNO3/c16-12-7-6-11(9-14(12)19)15(20)17-8-2-4-10-3-1-5-13(10)18/h6-7,9-10,13,18-19H,1-5,8H2,(H,17,20)/t10-,13-/m0/s1. The Bertz CT molecular complexity index is 478. The van der Waals surface area contributed by atoms with Crippen molar-refractivity contribution in [2.45, 2.75) is 38.2 Å². The van der Waals surface area contributed by atoms with Gasteiger partial charge in [-0.15, -0.1) is 0 Å². The molecule has 2 rings (SSSR count). The third-order valence-electron chi connectivity index (χ3n) is 3.86. The van der Waals surface area contributed by atoms with Crippen LogP contribution in [0.4, 0.5) is 0 Å². The van der Waals surface area contributed by atoms with Crippen molar-refractivity contribution in [3.8, 4) is 5.75 Å². The molecule has 1 aromatic carbocycles. The molecule has 1 aromatic rings. The molecule has 0 aliphatic heterocycles. The summed E-state index contributed by atoms with van der Waals surface area (Å²) in [6.45, 7) is 0.596. The van der Waals surface area contributed by atoms with Gasteiger partial charge in [0.05, 0.1) is 10.6 Å². The van der Waals surface area contributed by atoms with E-state index in [0.717, 1.165) is 32.1 Å². The Hall–Kier alpha value is -1.07. The predicted molar refractivity (Wildman–Crippen MR) is 80.7 cm³/mol. The van der Waals surface area contributed by atoms with E-state index in [1.54, 1.807) is 12.1 Å². The number of aromatic hydroxyl groups is 1. The number of hydrogen-bond donors (Lipinski definition) is 3. The second-order valence-corrected chi connectivity index (χ2v) is 6.18. The van der Waals surface area contributed by atoms with Crippen LogP contribution in [0.2, 0.25) is 0 Å². The lowest BCUT2D eigenvalue weighted by atomic mass is 10.00. The highest BCUT2D eigenvalue weighted by molar-refractivity contribution is 9.10. The summed E-state index contributed by atoms with van der Waals surface area (Å²) >= 11 is 3.18. The molecule has 3 N–H and O–H groups in total.